The second-order valence-electron chi connectivity index (χ2n) is 11.7. The maximum Gasteiger partial charge on any atom is 0.251 e. The molecule has 5 nitrogen and oxygen atoms in total. The highest BCUT2D eigenvalue weighted by atomic mass is 19.2. The van der Waals surface area contributed by atoms with Crippen LogP contribution in [-0.2, 0) is 4.79 Å². The van der Waals surface area contributed by atoms with Gasteiger partial charge in [0.25, 0.3) is 5.91 Å². The summed E-state index contributed by atoms with van der Waals surface area (Å²) in [7, 11) is 2.13. The Morgan fingerprint density at radius 3 is 1.91 bits per heavy atom. The Morgan fingerprint density at radius 1 is 0.822 bits per heavy atom. The predicted octanol–water partition coefficient (Wildman–Crippen LogP) is 7.51. The molecule has 0 unspecified atom stereocenters. The van der Waals surface area contributed by atoms with E-state index in [0.717, 1.165) is 30.8 Å². The summed E-state index contributed by atoms with van der Waals surface area (Å²) in [5.74, 6) is -4.24. The molecule has 9 heteroatoms. The molecule has 0 aliphatic heterocycles. The topological polar surface area (TPSA) is 58.6 Å². The van der Waals surface area contributed by atoms with Gasteiger partial charge in [-0.3, -0.25) is 9.59 Å². The minimum atomic E-state index is -1.06. The van der Waals surface area contributed by atoms with Crippen molar-refractivity contribution in [3.63, 3.8) is 0 Å². The number of halogens is 4. The summed E-state index contributed by atoms with van der Waals surface area (Å²) in [6.07, 6.45) is 9.45. The van der Waals surface area contributed by atoms with Gasteiger partial charge in [-0.25, -0.2) is 17.6 Å². The van der Waals surface area contributed by atoms with Crippen molar-refractivity contribution in [3.8, 4) is 5.75 Å². The molecule has 3 aromatic rings. The molecule has 0 bridgehead atoms. The lowest BCUT2D eigenvalue weighted by molar-refractivity contribution is -0.113. The van der Waals surface area contributed by atoms with E-state index in [1.807, 2.05) is 0 Å². The minimum Gasteiger partial charge on any atom is -0.492 e. The van der Waals surface area contributed by atoms with Crippen LogP contribution in [-0.4, -0.2) is 48.9 Å². The highest BCUT2D eigenvalue weighted by Crippen LogP contribution is 2.30. The first kappa shape index (κ1) is 32.2. The lowest BCUT2D eigenvalue weighted by atomic mass is 9.83. The number of likely N-dealkylation sites (N-methyl/N-ethyl adjacent to an activating group) is 1. The van der Waals surface area contributed by atoms with Gasteiger partial charge < -0.3 is 15.0 Å². The molecule has 3 aromatic carbocycles. The van der Waals surface area contributed by atoms with Crippen LogP contribution in [0.25, 0.3) is 12.2 Å². The van der Waals surface area contributed by atoms with Crippen LogP contribution in [0.4, 0.5) is 17.6 Å². The Morgan fingerprint density at radius 2 is 1.38 bits per heavy atom. The van der Waals surface area contributed by atoms with Crippen LogP contribution < -0.4 is 10.1 Å². The average molecular weight is 621 g/mol. The van der Waals surface area contributed by atoms with Crippen molar-refractivity contribution in [2.45, 2.75) is 57.0 Å². The molecule has 1 amide bonds. The third-order valence-corrected chi connectivity index (χ3v) is 8.45. The van der Waals surface area contributed by atoms with Crippen LogP contribution >= 0.6 is 0 Å². The maximum absolute atomic E-state index is 13.9. The van der Waals surface area contributed by atoms with Crippen molar-refractivity contribution >= 4 is 23.8 Å². The summed E-state index contributed by atoms with van der Waals surface area (Å²) in [5, 5.41) is 2.95. The molecule has 2 aliphatic rings. The number of rotatable bonds is 9. The number of carbonyl (C=O) groups is 2. The lowest BCUT2D eigenvalue weighted by Crippen LogP contribution is -2.39. The van der Waals surface area contributed by atoms with E-state index in [0.29, 0.717) is 24.0 Å². The van der Waals surface area contributed by atoms with Gasteiger partial charge in [-0.15, -0.1) is 0 Å². The van der Waals surface area contributed by atoms with Crippen molar-refractivity contribution in [1.82, 2.24) is 10.2 Å². The Hall–Kier alpha value is -4.24. The van der Waals surface area contributed by atoms with E-state index in [9.17, 15) is 27.2 Å². The molecule has 0 heterocycles. The van der Waals surface area contributed by atoms with Crippen LogP contribution in [0.2, 0.25) is 0 Å². The lowest BCUT2D eigenvalue weighted by Gasteiger charge is -2.31. The summed E-state index contributed by atoms with van der Waals surface area (Å²) >= 11 is 0. The molecule has 2 saturated carbocycles. The molecule has 0 atom stereocenters. The molecular weight excluding hydrogens is 584 g/mol. The quantitative estimate of drug-likeness (QED) is 0.199. The summed E-state index contributed by atoms with van der Waals surface area (Å²) in [4.78, 5) is 29.0. The normalized spacial score (nSPS) is 19.3. The van der Waals surface area contributed by atoms with E-state index in [4.69, 9.17) is 4.74 Å². The molecule has 0 saturated heterocycles. The molecule has 0 radical (unpaired) electrons. The molecule has 5 rings (SSSR count). The fourth-order valence-electron chi connectivity index (χ4n) is 5.94. The summed E-state index contributed by atoms with van der Waals surface area (Å²) in [6, 6.07) is 13.5. The molecule has 2 fully saturated rings. The zero-order valence-electron chi connectivity index (χ0n) is 25.1. The number of ether oxygens (including phenoxy) is 1. The van der Waals surface area contributed by atoms with Gasteiger partial charge in [0.1, 0.15) is 12.4 Å². The molecule has 2 aliphatic carbocycles. The van der Waals surface area contributed by atoms with Gasteiger partial charge in [-0.1, -0.05) is 31.4 Å². The highest BCUT2D eigenvalue weighted by molar-refractivity contribution is 6.14. The van der Waals surface area contributed by atoms with Crippen LogP contribution in [0.3, 0.4) is 0 Å². The van der Waals surface area contributed by atoms with Crippen LogP contribution in [0, 0.1) is 23.3 Å². The molecule has 1 N–H and O–H groups in total. The number of hydrogen-bond donors (Lipinski definition) is 1. The van der Waals surface area contributed by atoms with Gasteiger partial charge in [0.2, 0.25) is 0 Å². The highest BCUT2D eigenvalue weighted by Gasteiger charge is 2.29. The first-order valence-electron chi connectivity index (χ1n) is 15.3. The zero-order chi connectivity index (χ0) is 31.9. The first-order chi connectivity index (χ1) is 21.7. The van der Waals surface area contributed by atoms with Gasteiger partial charge in [0, 0.05) is 35.3 Å². The van der Waals surface area contributed by atoms with Crippen LogP contribution in [0.1, 0.15) is 66.4 Å². The van der Waals surface area contributed by atoms with Crippen molar-refractivity contribution in [2.24, 2.45) is 0 Å². The molecule has 236 valence electrons. The summed E-state index contributed by atoms with van der Waals surface area (Å²) < 4.78 is 60.6. The van der Waals surface area contributed by atoms with Crippen molar-refractivity contribution < 1.29 is 31.9 Å². The Kier molecular flexibility index (Phi) is 10.5. The fraction of sp³-hybridized carbons (Fsp3) is 0.333. The van der Waals surface area contributed by atoms with Crippen molar-refractivity contribution in [1.29, 1.82) is 0 Å². The number of benzene rings is 3. The van der Waals surface area contributed by atoms with Crippen LogP contribution in [0.15, 0.2) is 71.8 Å². The average Bonchev–Trinajstić information content (AvgIpc) is 3.03. The minimum absolute atomic E-state index is 0.133. The number of nitrogens with one attached hydrogen (secondary N) is 1. The SMILES string of the molecule is CN(CCOc1ccc(C(=O)NC2C/C(=C\c3ccc(F)c(F)c3)C(=O)/C(=C/c3ccc(F)c(F)c3)C2)cc1)C1CCCCC1. The molecular formula is C36H36F4N2O3. The van der Waals surface area contributed by atoms with Gasteiger partial charge in [0.05, 0.1) is 0 Å². The van der Waals surface area contributed by atoms with Gasteiger partial charge in [0.15, 0.2) is 29.1 Å². The van der Waals surface area contributed by atoms with Gasteiger partial charge >= 0.3 is 0 Å². The third-order valence-electron chi connectivity index (χ3n) is 8.45. The number of nitrogens with zero attached hydrogens (tertiary/aromatic N) is 1. The number of amides is 1. The van der Waals surface area contributed by atoms with E-state index in [1.54, 1.807) is 24.3 Å². The Labute approximate surface area is 260 Å². The molecule has 45 heavy (non-hydrogen) atoms. The number of carbonyl (C=O) groups excluding carboxylic acids is 2. The number of Topliss-reactive ketones (excluding diaryl/α,β-unsaturated/α-hetero) is 1. The van der Waals surface area contributed by atoms with Crippen LogP contribution in [0.5, 0.6) is 5.75 Å². The zero-order valence-corrected chi connectivity index (χ0v) is 25.1. The fourth-order valence-corrected chi connectivity index (χ4v) is 5.94. The van der Waals surface area contributed by atoms with Crippen molar-refractivity contribution in [2.75, 3.05) is 20.2 Å². The van der Waals surface area contributed by atoms with Gasteiger partial charge in [-0.2, -0.15) is 0 Å². The van der Waals surface area contributed by atoms with E-state index in [-0.39, 0.29) is 46.8 Å². The smallest absolute Gasteiger partial charge is 0.251 e. The standard InChI is InChI=1S/C36H36F4N2O3/c1-42(29-5-3-2-4-6-29)15-16-45-30-11-9-25(10-12-30)36(44)41-28-21-26(17-23-7-13-31(37)33(39)19-23)35(43)27(22-28)18-24-8-14-32(38)34(40)20-24/h7-14,17-20,28-29H,2-6,15-16,21-22H2,1H3,(H,41,44)/b26-17+,27-18+. The Bertz CT molecular complexity index is 1520. The summed E-state index contributed by atoms with van der Waals surface area (Å²) in [5.41, 5.74) is 1.46. The monoisotopic (exact) mass is 620 g/mol. The van der Waals surface area contributed by atoms with Crippen molar-refractivity contribution in [3.05, 3.63) is 112 Å². The molecule has 0 aromatic heterocycles. The van der Waals surface area contributed by atoms with E-state index < -0.39 is 29.3 Å². The summed E-state index contributed by atoms with van der Waals surface area (Å²) in [6.45, 7) is 1.35. The van der Waals surface area contributed by atoms with Gasteiger partial charge in [-0.05, 0) is 105 Å². The van der Waals surface area contributed by atoms with E-state index >= 15 is 0 Å². The molecule has 0 spiro atoms. The Balaban J connectivity index is 1.27. The third kappa shape index (κ3) is 8.48. The second-order valence-corrected chi connectivity index (χ2v) is 11.7. The number of hydrogen-bond acceptors (Lipinski definition) is 4. The van der Waals surface area contributed by atoms with E-state index in [2.05, 4.69) is 17.3 Å². The van der Waals surface area contributed by atoms with E-state index in [1.165, 1.54) is 56.4 Å². The second kappa shape index (κ2) is 14.7. The first-order valence-corrected chi connectivity index (χ1v) is 15.3. The number of ketones is 1. The predicted molar refractivity (Wildman–Crippen MR) is 166 cm³/mol. The largest absolute Gasteiger partial charge is 0.492 e. The maximum atomic E-state index is 13.9.